The van der Waals surface area contributed by atoms with Crippen molar-refractivity contribution in [2.24, 2.45) is 0 Å². The summed E-state index contributed by atoms with van der Waals surface area (Å²) in [4.78, 5) is 25.2. The minimum Gasteiger partial charge on any atom is -0.328 e. The molecular formula is C12H14N4O2S. The fourth-order valence-corrected chi connectivity index (χ4v) is 2.23. The summed E-state index contributed by atoms with van der Waals surface area (Å²) in [5.41, 5.74) is 0.138. The van der Waals surface area contributed by atoms with E-state index in [9.17, 15) is 9.59 Å². The van der Waals surface area contributed by atoms with Gasteiger partial charge in [0.25, 0.3) is 5.91 Å². The van der Waals surface area contributed by atoms with Crippen LogP contribution in [0.3, 0.4) is 0 Å². The van der Waals surface area contributed by atoms with Crippen molar-refractivity contribution in [3.8, 4) is 0 Å². The molecule has 0 atom stereocenters. The van der Waals surface area contributed by atoms with Crippen LogP contribution in [0.1, 0.15) is 35.1 Å². The van der Waals surface area contributed by atoms with E-state index in [0.29, 0.717) is 10.7 Å². The number of carbonyl (C=O) groups excluding carboxylic acids is 1. The summed E-state index contributed by atoms with van der Waals surface area (Å²) in [6.45, 7) is 2.11. The molecule has 0 aliphatic heterocycles. The highest BCUT2D eigenvalue weighted by molar-refractivity contribution is 7.15. The number of hydrogen-bond donors (Lipinski definition) is 2. The minimum atomic E-state index is -0.311. The smallest absolute Gasteiger partial charge is 0.258 e. The molecule has 19 heavy (non-hydrogen) atoms. The molecule has 7 heteroatoms. The van der Waals surface area contributed by atoms with Crippen molar-refractivity contribution < 1.29 is 4.79 Å². The molecule has 0 radical (unpaired) electrons. The average Bonchev–Trinajstić information content (AvgIpc) is 2.84. The first kappa shape index (κ1) is 13.4. The summed E-state index contributed by atoms with van der Waals surface area (Å²) in [6.07, 6.45) is 4.40. The van der Waals surface area contributed by atoms with Crippen LogP contribution in [0, 0.1) is 0 Å². The predicted molar refractivity (Wildman–Crippen MR) is 73.5 cm³/mol. The number of amides is 1. The molecule has 0 saturated carbocycles. The fraction of sp³-hybridized carbons (Fsp3) is 0.333. The van der Waals surface area contributed by atoms with E-state index < -0.39 is 0 Å². The monoisotopic (exact) mass is 278 g/mol. The lowest BCUT2D eigenvalue weighted by molar-refractivity contribution is 0.102. The Balaban J connectivity index is 2.00. The van der Waals surface area contributed by atoms with Crippen molar-refractivity contribution in [3.63, 3.8) is 0 Å². The number of H-pyrrole nitrogens is 1. The molecule has 0 fully saturated rings. The Morgan fingerprint density at radius 1 is 1.42 bits per heavy atom. The van der Waals surface area contributed by atoms with Gasteiger partial charge in [-0.3, -0.25) is 14.9 Å². The van der Waals surface area contributed by atoms with E-state index in [1.807, 2.05) is 0 Å². The molecular weight excluding hydrogens is 264 g/mol. The van der Waals surface area contributed by atoms with Gasteiger partial charge in [-0.25, -0.2) is 0 Å². The molecule has 6 nitrogen and oxygen atoms in total. The van der Waals surface area contributed by atoms with Crippen LogP contribution in [0.15, 0.2) is 23.1 Å². The second-order valence-electron chi connectivity index (χ2n) is 4.00. The van der Waals surface area contributed by atoms with Crippen molar-refractivity contribution in [1.29, 1.82) is 0 Å². The largest absolute Gasteiger partial charge is 0.328 e. The zero-order valence-corrected chi connectivity index (χ0v) is 11.3. The number of nitrogens with zero attached hydrogens (tertiary/aromatic N) is 2. The summed E-state index contributed by atoms with van der Waals surface area (Å²) in [5, 5.41) is 12.0. The Hall–Kier alpha value is -2.02. The molecule has 2 aromatic rings. The van der Waals surface area contributed by atoms with Gasteiger partial charge in [-0.2, -0.15) is 0 Å². The van der Waals surface area contributed by atoms with E-state index >= 15 is 0 Å². The normalized spacial score (nSPS) is 10.4. The van der Waals surface area contributed by atoms with E-state index in [1.165, 1.54) is 29.7 Å². The van der Waals surface area contributed by atoms with E-state index in [2.05, 4.69) is 27.4 Å². The molecule has 2 rings (SSSR count). The van der Waals surface area contributed by atoms with Gasteiger partial charge < -0.3 is 4.98 Å². The third-order valence-corrected chi connectivity index (χ3v) is 3.38. The topological polar surface area (TPSA) is 87.7 Å². The van der Waals surface area contributed by atoms with Crippen LogP contribution in [-0.2, 0) is 6.42 Å². The molecule has 2 N–H and O–H groups in total. The van der Waals surface area contributed by atoms with Gasteiger partial charge >= 0.3 is 0 Å². The summed E-state index contributed by atoms with van der Waals surface area (Å²) in [7, 11) is 0. The zero-order chi connectivity index (χ0) is 13.7. The standard InChI is InChI=1S/C12H14N4O2S/c1-2-3-4-10-15-16-12(19-10)14-11(18)8-5-6-9(17)13-7-8/h5-7H,2-4H2,1H3,(H,13,17)(H,14,16,18). The van der Waals surface area contributed by atoms with E-state index in [1.54, 1.807) is 0 Å². The fourth-order valence-electron chi connectivity index (χ4n) is 1.45. The predicted octanol–water partition coefficient (Wildman–Crippen LogP) is 1.82. The number of anilines is 1. The molecule has 0 aliphatic carbocycles. The van der Waals surface area contributed by atoms with Crippen LogP contribution >= 0.6 is 11.3 Å². The molecule has 0 aromatic carbocycles. The maximum Gasteiger partial charge on any atom is 0.258 e. The quantitative estimate of drug-likeness (QED) is 0.873. The first-order chi connectivity index (χ1) is 9.19. The Morgan fingerprint density at radius 3 is 2.95 bits per heavy atom. The third kappa shape index (κ3) is 3.72. The van der Waals surface area contributed by atoms with Crippen LogP contribution < -0.4 is 10.9 Å². The molecule has 100 valence electrons. The minimum absolute atomic E-state index is 0.241. The van der Waals surface area contributed by atoms with Crippen molar-refractivity contribution in [3.05, 3.63) is 39.3 Å². The lowest BCUT2D eigenvalue weighted by Gasteiger charge is -1.99. The van der Waals surface area contributed by atoms with Gasteiger partial charge in [-0.05, 0) is 12.5 Å². The number of nitrogens with one attached hydrogen (secondary N) is 2. The van der Waals surface area contributed by atoms with E-state index in [-0.39, 0.29) is 11.5 Å². The van der Waals surface area contributed by atoms with Gasteiger partial charge in [0, 0.05) is 18.7 Å². The Bertz CT molecular complexity index is 600. The number of unbranched alkanes of at least 4 members (excludes halogenated alkanes) is 1. The molecule has 2 heterocycles. The number of rotatable bonds is 5. The molecule has 0 aliphatic rings. The first-order valence-electron chi connectivity index (χ1n) is 6.01. The van der Waals surface area contributed by atoms with Gasteiger partial charge in [-0.15, -0.1) is 10.2 Å². The zero-order valence-electron chi connectivity index (χ0n) is 10.5. The van der Waals surface area contributed by atoms with Crippen LogP contribution in [0.5, 0.6) is 0 Å². The SMILES string of the molecule is CCCCc1nnc(NC(=O)c2ccc(=O)[nH]c2)s1. The summed E-state index contributed by atoms with van der Waals surface area (Å²) in [6, 6.07) is 2.77. The van der Waals surface area contributed by atoms with E-state index in [4.69, 9.17) is 0 Å². The van der Waals surface area contributed by atoms with Gasteiger partial charge in [0.15, 0.2) is 0 Å². The Labute approximate surface area is 113 Å². The molecule has 0 unspecified atom stereocenters. The molecule has 1 amide bonds. The van der Waals surface area contributed by atoms with Crippen LogP contribution in [0.2, 0.25) is 0 Å². The van der Waals surface area contributed by atoms with Gasteiger partial charge in [0.2, 0.25) is 10.7 Å². The highest BCUT2D eigenvalue weighted by Gasteiger charge is 2.10. The van der Waals surface area contributed by atoms with E-state index in [0.717, 1.165) is 24.3 Å². The Kier molecular flexibility index (Phi) is 4.40. The second kappa shape index (κ2) is 6.24. The average molecular weight is 278 g/mol. The molecule has 2 aromatic heterocycles. The van der Waals surface area contributed by atoms with Crippen LogP contribution in [-0.4, -0.2) is 21.1 Å². The lowest BCUT2D eigenvalue weighted by Crippen LogP contribution is -2.14. The number of aryl methyl sites for hydroxylation is 1. The van der Waals surface area contributed by atoms with Gasteiger partial charge in [-0.1, -0.05) is 24.7 Å². The van der Waals surface area contributed by atoms with Gasteiger partial charge in [0.1, 0.15) is 5.01 Å². The van der Waals surface area contributed by atoms with Gasteiger partial charge in [0.05, 0.1) is 5.56 Å². The molecule has 0 bridgehead atoms. The summed E-state index contributed by atoms with van der Waals surface area (Å²) in [5.74, 6) is -0.311. The summed E-state index contributed by atoms with van der Waals surface area (Å²) >= 11 is 1.37. The highest BCUT2D eigenvalue weighted by Crippen LogP contribution is 2.17. The second-order valence-corrected chi connectivity index (χ2v) is 5.06. The lowest BCUT2D eigenvalue weighted by atomic mass is 10.3. The number of aromatic nitrogens is 3. The maximum absolute atomic E-state index is 11.9. The summed E-state index contributed by atoms with van der Waals surface area (Å²) < 4.78 is 0. The van der Waals surface area contributed by atoms with Crippen LogP contribution in [0.25, 0.3) is 0 Å². The Morgan fingerprint density at radius 2 is 2.26 bits per heavy atom. The van der Waals surface area contributed by atoms with Crippen molar-refractivity contribution in [2.75, 3.05) is 5.32 Å². The number of hydrogen-bond acceptors (Lipinski definition) is 5. The highest BCUT2D eigenvalue weighted by atomic mass is 32.1. The number of aromatic amines is 1. The maximum atomic E-state index is 11.9. The van der Waals surface area contributed by atoms with Crippen molar-refractivity contribution >= 4 is 22.4 Å². The van der Waals surface area contributed by atoms with Crippen molar-refractivity contribution in [1.82, 2.24) is 15.2 Å². The molecule has 0 spiro atoms. The van der Waals surface area contributed by atoms with Crippen molar-refractivity contribution in [2.45, 2.75) is 26.2 Å². The number of carbonyl (C=O) groups is 1. The first-order valence-corrected chi connectivity index (χ1v) is 6.83. The van der Waals surface area contributed by atoms with Crippen LogP contribution in [0.4, 0.5) is 5.13 Å². The number of pyridine rings is 1. The molecule has 0 saturated heterocycles. The third-order valence-electron chi connectivity index (χ3n) is 2.48.